The molecule has 0 fully saturated rings. The van der Waals surface area contributed by atoms with Crippen LogP contribution in [0.5, 0.6) is 11.5 Å². The van der Waals surface area contributed by atoms with Crippen LogP contribution < -0.4 is 25.4 Å². The van der Waals surface area contributed by atoms with E-state index in [9.17, 15) is 4.79 Å². The molecular formula is C30H45N7O3. The molecule has 0 bridgehead atoms. The lowest BCUT2D eigenvalue weighted by Crippen LogP contribution is -2.43. The summed E-state index contributed by atoms with van der Waals surface area (Å²) in [5.41, 5.74) is 2.08. The molecule has 0 radical (unpaired) electrons. The van der Waals surface area contributed by atoms with Gasteiger partial charge in [0.25, 0.3) is 0 Å². The van der Waals surface area contributed by atoms with Crippen LogP contribution in [0, 0.1) is 0 Å². The maximum absolute atomic E-state index is 12.8. The predicted octanol–water partition coefficient (Wildman–Crippen LogP) is 5.28. The Hall–Kier alpha value is -3.66. The van der Waals surface area contributed by atoms with Gasteiger partial charge < -0.3 is 25.0 Å². The molecule has 0 aliphatic carbocycles. The molecule has 0 unspecified atom stereocenters. The van der Waals surface area contributed by atoms with E-state index in [2.05, 4.69) is 44.7 Å². The molecule has 2 heterocycles. The molecular weight excluding hydrogens is 506 g/mol. The molecule has 10 heteroatoms. The third-order valence-electron chi connectivity index (χ3n) is 6.54. The molecule has 40 heavy (non-hydrogen) atoms. The Morgan fingerprint density at radius 2 is 1.65 bits per heavy atom. The molecule has 218 valence electrons. The summed E-state index contributed by atoms with van der Waals surface area (Å²) >= 11 is 0. The molecule has 0 saturated heterocycles. The first-order valence-electron chi connectivity index (χ1n) is 14.1. The fourth-order valence-corrected chi connectivity index (χ4v) is 4.36. The third kappa shape index (κ3) is 9.51. The molecule has 0 saturated carbocycles. The summed E-state index contributed by atoms with van der Waals surface area (Å²) in [6.45, 7) is 14.2. The number of methoxy groups -OCH3 is 2. The highest BCUT2D eigenvalue weighted by atomic mass is 16.5. The summed E-state index contributed by atoms with van der Waals surface area (Å²) in [6, 6.07) is 7.50. The normalized spacial score (nSPS) is 11.5. The number of nitrogens with one attached hydrogen (secondary N) is 3. The number of rotatable bonds is 14. The second kappa shape index (κ2) is 14.6. The van der Waals surface area contributed by atoms with Crippen molar-refractivity contribution in [3.63, 3.8) is 0 Å². The molecule has 3 rings (SSSR count). The van der Waals surface area contributed by atoms with Gasteiger partial charge in [0, 0.05) is 29.7 Å². The van der Waals surface area contributed by atoms with Gasteiger partial charge in [-0.1, -0.05) is 13.8 Å². The van der Waals surface area contributed by atoms with Crippen LogP contribution >= 0.6 is 0 Å². The Balaban J connectivity index is 1.79. The van der Waals surface area contributed by atoms with E-state index in [0.717, 1.165) is 67.0 Å². The van der Waals surface area contributed by atoms with E-state index >= 15 is 0 Å². The van der Waals surface area contributed by atoms with Crippen LogP contribution in [-0.4, -0.2) is 71.8 Å². The predicted molar refractivity (Wildman–Crippen MR) is 162 cm³/mol. The second-order valence-electron chi connectivity index (χ2n) is 10.8. The molecule has 2 aromatic heterocycles. The lowest BCUT2D eigenvalue weighted by atomic mass is 10.0. The van der Waals surface area contributed by atoms with Crippen LogP contribution in [0.3, 0.4) is 0 Å². The monoisotopic (exact) mass is 551 g/mol. The van der Waals surface area contributed by atoms with Crippen LogP contribution in [0.15, 0.2) is 30.5 Å². The SMILES string of the molecule is CCN(CC)CCCCNc1ncc2cc(CCc3cc(OC)cc(OC)c3)c(NC(=O)NC(C)(C)C)nc2n1. The maximum Gasteiger partial charge on any atom is 0.320 e. The smallest absolute Gasteiger partial charge is 0.320 e. The Labute approximate surface area is 238 Å². The van der Waals surface area contributed by atoms with Crippen LogP contribution in [0.2, 0.25) is 0 Å². The number of nitrogens with zero attached hydrogens (tertiary/aromatic N) is 4. The van der Waals surface area contributed by atoms with E-state index in [0.29, 0.717) is 30.3 Å². The molecule has 0 spiro atoms. The molecule has 0 aliphatic heterocycles. The number of urea groups is 1. The number of anilines is 2. The Morgan fingerprint density at radius 3 is 2.27 bits per heavy atom. The van der Waals surface area contributed by atoms with Gasteiger partial charge in [-0.3, -0.25) is 5.32 Å². The van der Waals surface area contributed by atoms with E-state index < -0.39 is 0 Å². The second-order valence-corrected chi connectivity index (χ2v) is 10.8. The standard InChI is InChI=1S/C30H45N7O3/c1-8-37(9-2)15-11-10-14-31-28-32-20-23-18-22(13-12-21-16-24(39-6)19-25(17-21)40-7)26(33-27(23)34-28)35-29(38)36-30(3,4)5/h16-20H,8-15H2,1-7H3,(H3,31,32,33,34,35,36,38). The first-order valence-corrected chi connectivity index (χ1v) is 14.1. The minimum atomic E-state index is -0.386. The number of hydrogen-bond donors (Lipinski definition) is 3. The van der Waals surface area contributed by atoms with Gasteiger partial charge in [-0.05, 0) is 95.4 Å². The number of carbonyl (C=O) groups is 1. The van der Waals surface area contributed by atoms with Crippen molar-refractivity contribution in [2.45, 2.75) is 65.8 Å². The summed E-state index contributed by atoms with van der Waals surface area (Å²) in [5, 5.41) is 10.0. The van der Waals surface area contributed by atoms with Crippen molar-refractivity contribution in [3.8, 4) is 11.5 Å². The number of amides is 2. The summed E-state index contributed by atoms with van der Waals surface area (Å²) in [7, 11) is 3.27. The highest BCUT2D eigenvalue weighted by Gasteiger charge is 2.17. The topological polar surface area (TPSA) is 114 Å². The lowest BCUT2D eigenvalue weighted by Gasteiger charge is -2.21. The average Bonchev–Trinajstić information content (AvgIpc) is 2.92. The van der Waals surface area contributed by atoms with E-state index in [1.54, 1.807) is 20.4 Å². The number of aryl methyl sites for hydroxylation is 2. The zero-order chi connectivity index (χ0) is 29.1. The largest absolute Gasteiger partial charge is 0.497 e. The van der Waals surface area contributed by atoms with Crippen molar-refractivity contribution in [1.29, 1.82) is 0 Å². The van der Waals surface area contributed by atoms with Gasteiger partial charge in [-0.2, -0.15) is 4.98 Å². The number of pyridine rings is 1. The summed E-state index contributed by atoms with van der Waals surface area (Å²) in [5.74, 6) is 2.47. The van der Waals surface area contributed by atoms with E-state index in [4.69, 9.17) is 14.5 Å². The fraction of sp³-hybridized carbons (Fsp3) is 0.533. The van der Waals surface area contributed by atoms with Gasteiger partial charge in [0.05, 0.1) is 14.2 Å². The zero-order valence-corrected chi connectivity index (χ0v) is 25.1. The van der Waals surface area contributed by atoms with Gasteiger partial charge in [0.1, 0.15) is 17.3 Å². The number of aromatic nitrogens is 3. The fourth-order valence-electron chi connectivity index (χ4n) is 4.36. The van der Waals surface area contributed by atoms with Crippen molar-refractivity contribution in [2.24, 2.45) is 0 Å². The van der Waals surface area contributed by atoms with Crippen LogP contribution in [0.25, 0.3) is 11.0 Å². The van der Waals surface area contributed by atoms with Crippen molar-refractivity contribution in [2.75, 3.05) is 51.0 Å². The van der Waals surface area contributed by atoms with Gasteiger partial charge in [0.15, 0.2) is 5.65 Å². The van der Waals surface area contributed by atoms with Gasteiger partial charge in [-0.25, -0.2) is 14.8 Å². The van der Waals surface area contributed by atoms with Gasteiger partial charge >= 0.3 is 6.03 Å². The molecule has 1 aromatic carbocycles. The van der Waals surface area contributed by atoms with Crippen molar-refractivity contribution < 1.29 is 14.3 Å². The number of hydrogen-bond acceptors (Lipinski definition) is 8. The van der Waals surface area contributed by atoms with E-state index in [1.807, 2.05) is 45.0 Å². The summed E-state index contributed by atoms with van der Waals surface area (Å²) in [4.78, 5) is 29.1. The minimum absolute atomic E-state index is 0.316. The quantitative estimate of drug-likeness (QED) is 0.232. The maximum atomic E-state index is 12.8. The molecule has 2 amide bonds. The number of fused-ring (bicyclic) bond motifs is 1. The summed E-state index contributed by atoms with van der Waals surface area (Å²) < 4.78 is 10.8. The Kier molecular flexibility index (Phi) is 11.3. The highest BCUT2D eigenvalue weighted by Crippen LogP contribution is 2.26. The number of ether oxygens (including phenoxy) is 2. The van der Waals surface area contributed by atoms with Crippen molar-refractivity contribution in [3.05, 3.63) is 41.6 Å². The lowest BCUT2D eigenvalue weighted by molar-refractivity contribution is 0.243. The Morgan fingerprint density at radius 1 is 0.950 bits per heavy atom. The average molecular weight is 552 g/mol. The van der Waals surface area contributed by atoms with Crippen LogP contribution in [-0.2, 0) is 12.8 Å². The molecule has 0 atom stereocenters. The van der Waals surface area contributed by atoms with E-state index in [1.165, 1.54) is 0 Å². The summed E-state index contributed by atoms with van der Waals surface area (Å²) in [6.07, 6.45) is 5.25. The van der Waals surface area contributed by atoms with Crippen molar-refractivity contribution in [1.82, 2.24) is 25.2 Å². The highest BCUT2D eigenvalue weighted by molar-refractivity contribution is 5.91. The molecule has 10 nitrogen and oxygen atoms in total. The Bertz CT molecular complexity index is 1230. The third-order valence-corrected chi connectivity index (χ3v) is 6.54. The molecule has 3 aromatic rings. The van der Waals surface area contributed by atoms with Crippen LogP contribution in [0.1, 0.15) is 58.6 Å². The first-order chi connectivity index (χ1) is 19.1. The van der Waals surface area contributed by atoms with Crippen LogP contribution in [0.4, 0.5) is 16.6 Å². The minimum Gasteiger partial charge on any atom is -0.497 e. The first kappa shape index (κ1) is 30.9. The van der Waals surface area contributed by atoms with Gasteiger partial charge in [0.2, 0.25) is 5.95 Å². The molecule has 0 aliphatic rings. The number of carbonyl (C=O) groups excluding carboxylic acids is 1. The zero-order valence-electron chi connectivity index (χ0n) is 25.1. The number of benzene rings is 1. The number of unbranched alkanes of at least 4 members (excludes halogenated alkanes) is 1. The molecule has 3 N–H and O–H groups in total. The van der Waals surface area contributed by atoms with Crippen molar-refractivity contribution >= 4 is 28.8 Å². The van der Waals surface area contributed by atoms with Gasteiger partial charge in [-0.15, -0.1) is 0 Å². The van der Waals surface area contributed by atoms with E-state index in [-0.39, 0.29) is 11.6 Å².